The number of carbonyl (C=O) groups is 1. The van der Waals surface area contributed by atoms with Crippen LogP contribution in [0.5, 0.6) is 0 Å². The average Bonchev–Trinajstić information content (AvgIpc) is 2.62. The number of cyclic esters (lactones) is 1. The lowest BCUT2D eigenvalue weighted by Crippen LogP contribution is -2.40. The number of ether oxygens (including phenoxy) is 3. The summed E-state index contributed by atoms with van der Waals surface area (Å²) in [5.41, 5.74) is 0. The van der Waals surface area contributed by atoms with Gasteiger partial charge in [0.25, 0.3) is 0 Å². The zero-order valence-electron chi connectivity index (χ0n) is 8.54. The third kappa shape index (κ3) is 1.85. The van der Waals surface area contributed by atoms with E-state index in [1.54, 1.807) is 13.8 Å². The standard InChI is InChI=1S/C9H14O6/c1-9(2)13-3-4(15-9)7-5(10)6(11)8(12)14-7/h4-7,10-11H,3H2,1-2H3/t4-,5-,6+,7-/m0/s1. The van der Waals surface area contributed by atoms with E-state index >= 15 is 0 Å². The number of aliphatic hydroxyl groups excluding tert-OH is 2. The summed E-state index contributed by atoms with van der Waals surface area (Å²) < 4.78 is 15.5. The maximum Gasteiger partial charge on any atom is 0.338 e. The summed E-state index contributed by atoms with van der Waals surface area (Å²) in [5.74, 6) is -1.56. The predicted octanol–water partition coefficient (Wildman–Crippen LogP) is -1.21. The van der Waals surface area contributed by atoms with Gasteiger partial charge in [0, 0.05) is 0 Å². The largest absolute Gasteiger partial charge is 0.455 e. The molecule has 0 aromatic rings. The fourth-order valence-electron chi connectivity index (χ4n) is 1.77. The normalized spacial score (nSPS) is 44.4. The van der Waals surface area contributed by atoms with Crippen molar-refractivity contribution >= 4 is 5.97 Å². The molecule has 2 rings (SSSR count). The van der Waals surface area contributed by atoms with Gasteiger partial charge in [0.2, 0.25) is 0 Å². The number of aliphatic hydroxyl groups is 2. The van der Waals surface area contributed by atoms with Gasteiger partial charge >= 0.3 is 5.97 Å². The maximum atomic E-state index is 11.0. The van der Waals surface area contributed by atoms with Crippen molar-refractivity contribution in [2.75, 3.05) is 6.61 Å². The molecule has 0 aromatic heterocycles. The van der Waals surface area contributed by atoms with Gasteiger partial charge in [0.1, 0.15) is 12.2 Å². The molecule has 0 radical (unpaired) electrons. The molecule has 15 heavy (non-hydrogen) atoms. The third-order valence-electron chi connectivity index (χ3n) is 2.55. The minimum atomic E-state index is -1.48. The van der Waals surface area contributed by atoms with E-state index in [0.717, 1.165) is 0 Å². The highest BCUT2D eigenvalue weighted by Crippen LogP contribution is 2.30. The van der Waals surface area contributed by atoms with E-state index in [0.29, 0.717) is 0 Å². The first-order chi connectivity index (χ1) is 6.91. The van der Waals surface area contributed by atoms with Crippen molar-refractivity contribution in [2.45, 2.75) is 44.1 Å². The second-order valence-corrected chi connectivity index (χ2v) is 4.20. The van der Waals surface area contributed by atoms with Gasteiger partial charge in [-0.2, -0.15) is 0 Å². The zero-order chi connectivity index (χ0) is 11.2. The summed E-state index contributed by atoms with van der Waals surface area (Å²) in [4.78, 5) is 11.0. The summed E-state index contributed by atoms with van der Waals surface area (Å²) in [6, 6.07) is 0. The van der Waals surface area contributed by atoms with Crippen LogP contribution in [0.15, 0.2) is 0 Å². The lowest BCUT2D eigenvalue weighted by molar-refractivity contribution is -0.166. The van der Waals surface area contributed by atoms with E-state index in [4.69, 9.17) is 14.2 Å². The SMILES string of the molecule is CC1(C)OC[C@@H]([C@@H]2OC(=O)[C@H](O)[C@@H]2O)O1. The molecular weight excluding hydrogens is 204 g/mol. The van der Waals surface area contributed by atoms with Crippen LogP contribution < -0.4 is 0 Å². The van der Waals surface area contributed by atoms with Crippen LogP contribution in [0, 0.1) is 0 Å². The van der Waals surface area contributed by atoms with E-state index in [1.807, 2.05) is 0 Å². The first kappa shape index (κ1) is 10.8. The molecule has 0 unspecified atom stereocenters. The van der Waals surface area contributed by atoms with E-state index in [-0.39, 0.29) is 6.61 Å². The highest BCUT2D eigenvalue weighted by molar-refractivity contribution is 5.77. The second-order valence-electron chi connectivity index (χ2n) is 4.20. The Morgan fingerprint density at radius 2 is 2.07 bits per heavy atom. The van der Waals surface area contributed by atoms with Crippen LogP contribution in [0.25, 0.3) is 0 Å². The second kappa shape index (κ2) is 3.41. The van der Waals surface area contributed by atoms with Crippen LogP contribution in [0.1, 0.15) is 13.8 Å². The van der Waals surface area contributed by atoms with E-state index in [2.05, 4.69) is 0 Å². The van der Waals surface area contributed by atoms with Gasteiger partial charge < -0.3 is 24.4 Å². The molecule has 0 spiro atoms. The molecule has 0 saturated carbocycles. The molecular formula is C9H14O6. The molecule has 2 fully saturated rings. The molecule has 0 aromatic carbocycles. The first-order valence-electron chi connectivity index (χ1n) is 4.79. The fraction of sp³-hybridized carbons (Fsp3) is 0.889. The molecule has 4 atom stereocenters. The zero-order valence-corrected chi connectivity index (χ0v) is 8.54. The molecule has 2 heterocycles. The van der Waals surface area contributed by atoms with Crippen molar-refractivity contribution in [3.8, 4) is 0 Å². The lowest BCUT2D eigenvalue weighted by atomic mass is 10.1. The summed E-state index contributed by atoms with van der Waals surface area (Å²) in [6.45, 7) is 3.69. The summed E-state index contributed by atoms with van der Waals surface area (Å²) in [5, 5.41) is 18.7. The Labute approximate surface area is 86.7 Å². The number of hydrogen-bond acceptors (Lipinski definition) is 6. The fourth-order valence-corrected chi connectivity index (χ4v) is 1.77. The molecule has 86 valence electrons. The minimum Gasteiger partial charge on any atom is -0.455 e. The Kier molecular flexibility index (Phi) is 2.46. The Morgan fingerprint density at radius 1 is 1.40 bits per heavy atom. The van der Waals surface area contributed by atoms with Crippen LogP contribution in [-0.2, 0) is 19.0 Å². The number of carbonyl (C=O) groups excluding carboxylic acids is 1. The Morgan fingerprint density at radius 3 is 2.47 bits per heavy atom. The van der Waals surface area contributed by atoms with Gasteiger partial charge in [0.05, 0.1) is 6.61 Å². The van der Waals surface area contributed by atoms with E-state index < -0.39 is 36.2 Å². The molecule has 6 nitrogen and oxygen atoms in total. The quantitative estimate of drug-likeness (QED) is 0.537. The summed E-state index contributed by atoms with van der Waals surface area (Å²) in [7, 11) is 0. The highest BCUT2D eigenvalue weighted by Gasteiger charge is 2.50. The van der Waals surface area contributed by atoms with E-state index in [9.17, 15) is 15.0 Å². The number of esters is 1. The summed E-state index contributed by atoms with van der Waals surface area (Å²) in [6.07, 6.45) is -4.12. The van der Waals surface area contributed by atoms with Crippen LogP contribution in [0.2, 0.25) is 0 Å². The van der Waals surface area contributed by atoms with Gasteiger partial charge in [-0.3, -0.25) is 0 Å². The highest BCUT2D eigenvalue weighted by atomic mass is 16.8. The molecule has 0 amide bonds. The van der Waals surface area contributed by atoms with E-state index in [1.165, 1.54) is 0 Å². The number of rotatable bonds is 1. The molecule has 2 saturated heterocycles. The van der Waals surface area contributed by atoms with Crippen LogP contribution >= 0.6 is 0 Å². The molecule has 6 heteroatoms. The Balaban J connectivity index is 2.04. The molecule has 2 aliphatic rings. The molecule has 0 aliphatic carbocycles. The van der Waals surface area contributed by atoms with Gasteiger partial charge in [-0.05, 0) is 13.8 Å². The molecule has 2 aliphatic heterocycles. The monoisotopic (exact) mass is 218 g/mol. The maximum absolute atomic E-state index is 11.0. The first-order valence-corrected chi connectivity index (χ1v) is 4.79. The van der Waals surface area contributed by atoms with Crippen molar-refractivity contribution < 1.29 is 29.2 Å². The van der Waals surface area contributed by atoms with Gasteiger partial charge in [-0.1, -0.05) is 0 Å². The summed E-state index contributed by atoms with van der Waals surface area (Å²) >= 11 is 0. The van der Waals surface area contributed by atoms with Crippen LogP contribution in [0.4, 0.5) is 0 Å². The molecule has 0 bridgehead atoms. The van der Waals surface area contributed by atoms with Crippen molar-refractivity contribution in [3.05, 3.63) is 0 Å². The average molecular weight is 218 g/mol. The number of hydrogen-bond donors (Lipinski definition) is 2. The Bertz CT molecular complexity index is 276. The van der Waals surface area contributed by atoms with Crippen molar-refractivity contribution in [3.63, 3.8) is 0 Å². The molecule has 2 N–H and O–H groups in total. The Hall–Kier alpha value is -0.690. The predicted molar refractivity (Wildman–Crippen MR) is 46.8 cm³/mol. The minimum absolute atomic E-state index is 0.231. The van der Waals surface area contributed by atoms with Gasteiger partial charge in [0.15, 0.2) is 18.0 Å². The van der Waals surface area contributed by atoms with Gasteiger partial charge in [-0.25, -0.2) is 4.79 Å². The van der Waals surface area contributed by atoms with Gasteiger partial charge in [-0.15, -0.1) is 0 Å². The van der Waals surface area contributed by atoms with Crippen molar-refractivity contribution in [1.29, 1.82) is 0 Å². The van der Waals surface area contributed by atoms with Crippen LogP contribution in [-0.4, -0.2) is 53.0 Å². The smallest absolute Gasteiger partial charge is 0.338 e. The topological polar surface area (TPSA) is 85.2 Å². The van der Waals surface area contributed by atoms with Crippen molar-refractivity contribution in [2.24, 2.45) is 0 Å². The third-order valence-corrected chi connectivity index (χ3v) is 2.55. The van der Waals surface area contributed by atoms with Crippen molar-refractivity contribution in [1.82, 2.24) is 0 Å². The lowest BCUT2D eigenvalue weighted by Gasteiger charge is -2.21. The van der Waals surface area contributed by atoms with Crippen LogP contribution in [0.3, 0.4) is 0 Å².